The Balaban J connectivity index is 2.03. The first-order valence-corrected chi connectivity index (χ1v) is 6.20. The third-order valence-corrected chi connectivity index (χ3v) is 3.65. The van der Waals surface area contributed by atoms with Crippen molar-refractivity contribution in [3.05, 3.63) is 0 Å². The standard InChI is InChI=1S/C12H22N2O2/c1-9-6-10(13)8-14(7-9)11(15)12(2)4-3-5-16-12/h9-10H,3-8,13H2,1-2H3. The fourth-order valence-corrected chi connectivity index (χ4v) is 2.85. The molecule has 1 amide bonds. The van der Waals surface area contributed by atoms with Crippen molar-refractivity contribution < 1.29 is 9.53 Å². The zero-order valence-corrected chi connectivity index (χ0v) is 10.2. The Labute approximate surface area is 97.1 Å². The van der Waals surface area contributed by atoms with Gasteiger partial charge in [0, 0.05) is 25.7 Å². The maximum atomic E-state index is 12.4. The Bertz CT molecular complexity index is 264. The average molecular weight is 226 g/mol. The van der Waals surface area contributed by atoms with E-state index in [0.29, 0.717) is 19.1 Å². The molecule has 0 aromatic rings. The van der Waals surface area contributed by atoms with Crippen LogP contribution in [0.4, 0.5) is 0 Å². The average Bonchev–Trinajstić information content (AvgIpc) is 2.64. The van der Waals surface area contributed by atoms with Crippen LogP contribution in [0.3, 0.4) is 0 Å². The van der Waals surface area contributed by atoms with Crippen LogP contribution >= 0.6 is 0 Å². The van der Waals surface area contributed by atoms with E-state index in [9.17, 15) is 4.79 Å². The van der Waals surface area contributed by atoms with E-state index >= 15 is 0 Å². The monoisotopic (exact) mass is 226 g/mol. The number of amides is 1. The van der Waals surface area contributed by atoms with Gasteiger partial charge in [0.15, 0.2) is 0 Å². The number of nitrogens with two attached hydrogens (primary N) is 1. The van der Waals surface area contributed by atoms with Gasteiger partial charge in [0.1, 0.15) is 5.60 Å². The summed E-state index contributed by atoms with van der Waals surface area (Å²) in [6.45, 7) is 6.27. The molecule has 3 unspecified atom stereocenters. The Morgan fingerprint density at radius 1 is 1.50 bits per heavy atom. The highest BCUT2D eigenvalue weighted by molar-refractivity contribution is 5.85. The van der Waals surface area contributed by atoms with Gasteiger partial charge in [-0.2, -0.15) is 0 Å². The Hall–Kier alpha value is -0.610. The van der Waals surface area contributed by atoms with Gasteiger partial charge in [0.2, 0.25) is 0 Å². The fraction of sp³-hybridized carbons (Fsp3) is 0.917. The van der Waals surface area contributed by atoms with Gasteiger partial charge in [0.05, 0.1) is 0 Å². The fourth-order valence-electron chi connectivity index (χ4n) is 2.85. The van der Waals surface area contributed by atoms with E-state index in [1.165, 1.54) is 0 Å². The van der Waals surface area contributed by atoms with Crippen LogP contribution in [0, 0.1) is 5.92 Å². The minimum atomic E-state index is -0.587. The molecule has 2 N–H and O–H groups in total. The predicted molar refractivity (Wildman–Crippen MR) is 61.9 cm³/mol. The van der Waals surface area contributed by atoms with Crippen molar-refractivity contribution in [2.45, 2.75) is 44.8 Å². The van der Waals surface area contributed by atoms with E-state index in [1.807, 2.05) is 11.8 Å². The van der Waals surface area contributed by atoms with Crippen molar-refractivity contribution in [2.24, 2.45) is 11.7 Å². The van der Waals surface area contributed by atoms with Gasteiger partial charge in [-0.1, -0.05) is 6.92 Å². The van der Waals surface area contributed by atoms with E-state index in [4.69, 9.17) is 10.5 Å². The number of likely N-dealkylation sites (tertiary alicyclic amines) is 1. The second-order valence-electron chi connectivity index (χ2n) is 5.49. The molecule has 0 aromatic carbocycles. The minimum Gasteiger partial charge on any atom is -0.365 e. The largest absolute Gasteiger partial charge is 0.365 e. The van der Waals surface area contributed by atoms with Crippen LogP contribution in [0.15, 0.2) is 0 Å². The molecule has 92 valence electrons. The van der Waals surface area contributed by atoms with Crippen molar-refractivity contribution >= 4 is 5.91 Å². The molecule has 0 spiro atoms. The molecule has 0 bridgehead atoms. The van der Waals surface area contributed by atoms with Crippen LogP contribution in [0.1, 0.15) is 33.1 Å². The summed E-state index contributed by atoms with van der Waals surface area (Å²) in [5, 5.41) is 0. The van der Waals surface area contributed by atoms with Gasteiger partial charge in [-0.3, -0.25) is 4.79 Å². The molecule has 0 aromatic heterocycles. The molecule has 2 heterocycles. The SMILES string of the molecule is CC1CC(N)CN(C(=O)C2(C)CCCO2)C1. The lowest BCUT2D eigenvalue weighted by Gasteiger charge is -2.38. The Kier molecular flexibility index (Phi) is 3.22. The predicted octanol–water partition coefficient (Wildman–Crippen LogP) is 0.751. The highest BCUT2D eigenvalue weighted by Gasteiger charge is 2.42. The molecule has 2 aliphatic rings. The molecular weight excluding hydrogens is 204 g/mol. The molecule has 4 nitrogen and oxygen atoms in total. The summed E-state index contributed by atoms with van der Waals surface area (Å²) in [6.07, 6.45) is 2.84. The summed E-state index contributed by atoms with van der Waals surface area (Å²) in [5.41, 5.74) is 5.37. The number of rotatable bonds is 1. The summed E-state index contributed by atoms with van der Waals surface area (Å²) in [7, 11) is 0. The van der Waals surface area contributed by atoms with Crippen LogP contribution in [-0.2, 0) is 9.53 Å². The molecule has 3 atom stereocenters. The highest BCUT2D eigenvalue weighted by Crippen LogP contribution is 2.29. The van der Waals surface area contributed by atoms with Crippen LogP contribution in [-0.4, -0.2) is 42.1 Å². The second-order valence-corrected chi connectivity index (χ2v) is 5.49. The number of nitrogens with zero attached hydrogens (tertiary/aromatic N) is 1. The number of carbonyl (C=O) groups excluding carboxylic acids is 1. The number of hydrogen-bond acceptors (Lipinski definition) is 3. The van der Waals surface area contributed by atoms with Gasteiger partial charge < -0.3 is 15.4 Å². The van der Waals surface area contributed by atoms with Crippen molar-refractivity contribution in [3.8, 4) is 0 Å². The number of hydrogen-bond donors (Lipinski definition) is 1. The second kappa shape index (κ2) is 4.34. The van der Waals surface area contributed by atoms with Crippen LogP contribution in [0.25, 0.3) is 0 Å². The maximum absolute atomic E-state index is 12.4. The first kappa shape index (κ1) is 11.9. The molecular formula is C12H22N2O2. The minimum absolute atomic E-state index is 0.123. The van der Waals surface area contributed by atoms with Gasteiger partial charge in [0.25, 0.3) is 5.91 Å². The van der Waals surface area contributed by atoms with Crippen LogP contribution in [0.5, 0.6) is 0 Å². The molecule has 2 fully saturated rings. The van der Waals surface area contributed by atoms with Crippen molar-refractivity contribution in [1.82, 2.24) is 4.90 Å². The van der Waals surface area contributed by atoms with E-state index in [0.717, 1.165) is 25.8 Å². The van der Waals surface area contributed by atoms with E-state index in [-0.39, 0.29) is 11.9 Å². The van der Waals surface area contributed by atoms with Crippen molar-refractivity contribution in [3.63, 3.8) is 0 Å². The van der Waals surface area contributed by atoms with Gasteiger partial charge in [-0.15, -0.1) is 0 Å². The normalized spacial score (nSPS) is 40.1. The quantitative estimate of drug-likeness (QED) is 0.718. The lowest BCUT2D eigenvalue weighted by Crippen LogP contribution is -2.55. The maximum Gasteiger partial charge on any atom is 0.254 e. The van der Waals surface area contributed by atoms with Crippen LogP contribution < -0.4 is 5.73 Å². The molecule has 16 heavy (non-hydrogen) atoms. The third kappa shape index (κ3) is 2.23. The van der Waals surface area contributed by atoms with E-state index < -0.39 is 5.60 Å². The zero-order chi connectivity index (χ0) is 11.8. The first-order valence-electron chi connectivity index (χ1n) is 6.20. The first-order chi connectivity index (χ1) is 7.51. The molecule has 0 aliphatic carbocycles. The molecule has 0 radical (unpaired) electrons. The van der Waals surface area contributed by atoms with Gasteiger partial charge in [-0.05, 0) is 32.1 Å². The molecule has 2 saturated heterocycles. The summed E-state index contributed by atoms with van der Waals surface area (Å²) in [5.74, 6) is 0.629. The zero-order valence-electron chi connectivity index (χ0n) is 10.2. The smallest absolute Gasteiger partial charge is 0.254 e. The topological polar surface area (TPSA) is 55.6 Å². The molecule has 2 rings (SSSR count). The summed E-state index contributed by atoms with van der Waals surface area (Å²) in [6, 6.07) is 0.123. The molecule has 0 saturated carbocycles. The third-order valence-electron chi connectivity index (χ3n) is 3.65. The Morgan fingerprint density at radius 2 is 2.25 bits per heavy atom. The molecule has 2 aliphatic heterocycles. The summed E-state index contributed by atoms with van der Waals surface area (Å²) >= 11 is 0. The number of piperidine rings is 1. The van der Waals surface area contributed by atoms with Crippen molar-refractivity contribution in [2.75, 3.05) is 19.7 Å². The summed E-state index contributed by atoms with van der Waals surface area (Å²) in [4.78, 5) is 14.3. The summed E-state index contributed by atoms with van der Waals surface area (Å²) < 4.78 is 5.59. The highest BCUT2D eigenvalue weighted by atomic mass is 16.5. The van der Waals surface area contributed by atoms with Crippen molar-refractivity contribution in [1.29, 1.82) is 0 Å². The molecule has 4 heteroatoms. The van der Waals surface area contributed by atoms with Gasteiger partial charge in [-0.25, -0.2) is 0 Å². The lowest BCUT2D eigenvalue weighted by molar-refractivity contribution is -0.153. The van der Waals surface area contributed by atoms with Gasteiger partial charge >= 0.3 is 0 Å². The number of ether oxygens (including phenoxy) is 1. The Morgan fingerprint density at radius 3 is 2.81 bits per heavy atom. The van der Waals surface area contributed by atoms with E-state index in [1.54, 1.807) is 0 Å². The number of carbonyl (C=O) groups is 1. The van der Waals surface area contributed by atoms with E-state index in [2.05, 4.69) is 6.92 Å². The lowest BCUT2D eigenvalue weighted by atomic mass is 9.93. The van der Waals surface area contributed by atoms with Crippen LogP contribution in [0.2, 0.25) is 0 Å².